The molecule has 11 nitrogen and oxygen atoms in total. The molecule has 2 aliphatic rings. The highest BCUT2D eigenvalue weighted by atomic mass is 19.1. The maximum absolute atomic E-state index is 14.9. The van der Waals surface area contributed by atoms with Crippen LogP contribution in [0.4, 0.5) is 13.2 Å². The quantitative estimate of drug-likeness (QED) is 0.188. The molecule has 7 heterocycles. The van der Waals surface area contributed by atoms with E-state index in [2.05, 4.69) is 45.8 Å². The van der Waals surface area contributed by atoms with Crippen molar-refractivity contribution in [2.45, 2.75) is 51.4 Å². The molecule has 56 heavy (non-hydrogen) atoms. The molecule has 2 fully saturated rings. The standard InChI is InChI=1S/C21H19F2N5.C21H21FN6/c1-28-11-16-7-14(9-18(23)20(16)27-28)13-6-15-10-25-21(12-2-4-24-5-3-12)26-19(15)17(22)8-13;1-12-7-18(27-28-11-13(2)25-21(12)28)15-8-16-10-24-20(14-3-5-23-6-4-14)26-19(16)17(22)9-15/h6-12,24H,2-5H2,1H3;7-11,14,23H,3-6H2,1-2H3. The highest BCUT2D eigenvalue weighted by molar-refractivity contribution is 5.89. The number of aryl methyl sites for hydroxylation is 3. The van der Waals surface area contributed by atoms with Gasteiger partial charge >= 0.3 is 0 Å². The summed E-state index contributed by atoms with van der Waals surface area (Å²) < 4.78 is 47.6. The predicted molar refractivity (Wildman–Crippen MR) is 210 cm³/mol. The first-order valence-electron chi connectivity index (χ1n) is 19.0. The van der Waals surface area contributed by atoms with Crippen LogP contribution in [0.5, 0.6) is 0 Å². The minimum atomic E-state index is -0.425. The van der Waals surface area contributed by atoms with Crippen LogP contribution in [0.15, 0.2) is 67.3 Å². The normalized spacial score (nSPS) is 15.5. The molecule has 0 atom stereocenters. The van der Waals surface area contributed by atoms with Crippen molar-refractivity contribution in [3.8, 4) is 22.4 Å². The number of rotatable bonds is 4. The van der Waals surface area contributed by atoms with E-state index >= 15 is 0 Å². The highest BCUT2D eigenvalue weighted by Crippen LogP contribution is 2.32. The molecular weight excluding hydrogens is 716 g/mol. The van der Waals surface area contributed by atoms with Crippen LogP contribution in [-0.4, -0.2) is 70.5 Å². The van der Waals surface area contributed by atoms with Gasteiger partial charge in [-0.1, -0.05) is 0 Å². The highest BCUT2D eigenvalue weighted by Gasteiger charge is 2.21. The predicted octanol–water partition coefficient (Wildman–Crippen LogP) is 7.49. The first-order chi connectivity index (χ1) is 27.2. The molecule has 3 aromatic carbocycles. The van der Waals surface area contributed by atoms with Crippen LogP contribution < -0.4 is 10.6 Å². The van der Waals surface area contributed by atoms with E-state index in [0.717, 1.165) is 74.6 Å². The summed E-state index contributed by atoms with van der Waals surface area (Å²) in [7, 11) is 1.74. The number of hydrogen-bond donors (Lipinski definition) is 2. The third-order valence-electron chi connectivity index (χ3n) is 10.8. The van der Waals surface area contributed by atoms with Gasteiger partial charge in [-0.15, -0.1) is 0 Å². The fourth-order valence-corrected chi connectivity index (χ4v) is 7.86. The molecule has 0 amide bonds. The van der Waals surface area contributed by atoms with Crippen molar-refractivity contribution in [2.24, 2.45) is 7.05 Å². The zero-order chi connectivity index (χ0) is 38.5. The molecule has 10 rings (SSSR count). The Hall–Kier alpha value is -5.86. The van der Waals surface area contributed by atoms with Crippen LogP contribution in [0.1, 0.15) is 60.4 Å². The Labute approximate surface area is 320 Å². The van der Waals surface area contributed by atoms with Gasteiger partial charge in [-0.25, -0.2) is 42.6 Å². The first kappa shape index (κ1) is 35.8. The summed E-state index contributed by atoms with van der Waals surface area (Å²) in [6, 6.07) is 11.8. The van der Waals surface area contributed by atoms with Gasteiger partial charge in [-0.3, -0.25) is 4.68 Å². The molecular formula is C42H40F3N11. The van der Waals surface area contributed by atoms with Gasteiger partial charge in [0.1, 0.15) is 39.8 Å². The Bertz CT molecular complexity index is 2580. The number of imidazole rings is 1. The van der Waals surface area contributed by atoms with Gasteiger partial charge in [0.2, 0.25) is 0 Å². The number of hydrogen-bond acceptors (Lipinski definition) is 9. The van der Waals surface area contributed by atoms with E-state index in [1.807, 2.05) is 44.3 Å². The summed E-state index contributed by atoms with van der Waals surface area (Å²) in [5.41, 5.74) is 6.31. The molecule has 5 aromatic heterocycles. The lowest BCUT2D eigenvalue weighted by molar-refractivity contribution is 0.445. The fourth-order valence-electron chi connectivity index (χ4n) is 7.86. The van der Waals surface area contributed by atoms with Gasteiger partial charge in [-0.05, 0) is 125 Å². The first-order valence-corrected chi connectivity index (χ1v) is 19.0. The van der Waals surface area contributed by atoms with Gasteiger partial charge in [-0.2, -0.15) is 10.2 Å². The summed E-state index contributed by atoms with van der Waals surface area (Å²) in [6.07, 6.45) is 10.9. The van der Waals surface area contributed by atoms with Crippen molar-refractivity contribution in [2.75, 3.05) is 26.2 Å². The number of piperidine rings is 2. The van der Waals surface area contributed by atoms with E-state index in [1.165, 1.54) is 18.2 Å². The maximum Gasteiger partial charge on any atom is 0.156 e. The van der Waals surface area contributed by atoms with Crippen molar-refractivity contribution < 1.29 is 13.2 Å². The van der Waals surface area contributed by atoms with Gasteiger partial charge < -0.3 is 10.6 Å². The summed E-state index contributed by atoms with van der Waals surface area (Å²) in [5.74, 6) is 0.801. The van der Waals surface area contributed by atoms with Crippen molar-refractivity contribution >= 4 is 38.4 Å². The molecule has 2 N–H and O–H groups in total. The second-order valence-electron chi connectivity index (χ2n) is 14.9. The topological polar surface area (TPSA) is 124 Å². The minimum absolute atomic E-state index is 0.256. The molecule has 0 aliphatic carbocycles. The fraction of sp³-hybridized carbons (Fsp3) is 0.310. The van der Waals surface area contributed by atoms with Crippen LogP contribution in [-0.2, 0) is 7.05 Å². The molecule has 14 heteroatoms. The minimum Gasteiger partial charge on any atom is -0.317 e. The van der Waals surface area contributed by atoms with E-state index in [1.54, 1.807) is 34.8 Å². The molecule has 2 saturated heterocycles. The molecule has 0 unspecified atom stereocenters. The molecule has 0 bridgehead atoms. The third kappa shape index (κ3) is 6.94. The van der Waals surface area contributed by atoms with Crippen LogP contribution in [0.2, 0.25) is 0 Å². The van der Waals surface area contributed by atoms with Crippen molar-refractivity contribution in [1.29, 1.82) is 0 Å². The van der Waals surface area contributed by atoms with Crippen molar-refractivity contribution in [3.63, 3.8) is 0 Å². The lowest BCUT2D eigenvalue weighted by atomic mass is 9.97. The van der Waals surface area contributed by atoms with E-state index in [-0.39, 0.29) is 11.7 Å². The van der Waals surface area contributed by atoms with Gasteiger partial charge in [0.05, 0.1) is 17.6 Å². The number of aromatic nitrogens is 9. The SMILES string of the molecule is Cc1cn2nc(-c3cc(F)c4nc(C5CCNCC5)ncc4c3)cc(C)c2n1.Cn1cc2cc(-c3cc(F)c4nc(C5CCNCC5)ncc4c3)cc(F)c2n1. The Balaban J connectivity index is 0.000000146. The second-order valence-corrected chi connectivity index (χ2v) is 14.9. The van der Waals surface area contributed by atoms with Crippen LogP contribution >= 0.6 is 0 Å². The molecule has 0 radical (unpaired) electrons. The average molecular weight is 756 g/mol. The average Bonchev–Trinajstić information content (AvgIpc) is 3.80. The van der Waals surface area contributed by atoms with Crippen molar-refractivity contribution in [1.82, 2.24) is 54.9 Å². The monoisotopic (exact) mass is 755 g/mol. The number of nitrogens with one attached hydrogen (secondary N) is 2. The van der Waals surface area contributed by atoms with Crippen LogP contribution in [0, 0.1) is 31.3 Å². The van der Waals surface area contributed by atoms with Gasteiger partial charge in [0, 0.05) is 59.2 Å². The number of nitrogens with zero attached hydrogens (tertiary/aromatic N) is 9. The lowest BCUT2D eigenvalue weighted by Crippen LogP contribution is -2.27. The Morgan fingerprint density at radius 2 is 1.11 bits per heavy atom. The molecule has 8 aromatic rings. The Kier molecular flexibility index (Phi) is 9.38. The molecule has 0 saturated carbocycles. The second kappa shape index (κ2) is 14.7. The van der Waals surface area contributed by atoms with Crippen molar-refractivity contribution in [3.05, 3.63) is 108 Å². The van der Waals surface area contributed by atoms with E-state index in [9.17, 15) is 13.2 Å². The summed E-state index contributed by atoms with van der Waals surface area (Å²) >= 11 is 0. The largest absolute Gasteiger partial charge is 0.317 e. The summed E-state index contributed by atoms with van der Waals surface area (Å²) in [5, 5.41) is 17.3. The Morgan fingerprint density at radius 3 is 1.70 bits per heavy atom. The number of benzene rings is 3. The smallest absolute Gasteiger partial charge is 0.156 e. The van der Waals surface area contributed by atoms with E-state index < -0.39 is 11.6 Å². The molecule has 2 aliphatic heterocycles. The third-order valence-corrected chi connectivity index (χ3v) is 10.8. The molecule has 0 spiro atoms. The zero-order valence-corrected chi connectivity index (χ0v) is 31.3. The zero-order valence-electron chi connectivity index (χ0n) is 31.3. The summed E-state index contributed by atoms with van der Waals surface area (Å²) in [6.45, 7) is 7.68. The lowest BCUT2D eigenvalue weighted by Gasteiger charge is -2.21. The summed E-state index contributed by atoms with van der Waals surface area (Å²) in [4.78, 5) is 22.5. The Morgan fingerprint density at radius 1 is 0.589 bits per heavy atom. The maximum atomic E-state index is 14.9. The number of halogens is 3. The van der Waals surface area contributed by atoms with E-state index in [0.29, 0.717) is 66.8 Å². The van der Waals surface area contributed by atoms with Gasteiger partial charge in [0.25, 0.3) is 0 Å². The molecule has 284 valence electrons. The van der Waals surface area contributed by atoms with Gasteiger partial charge in [0.15, 0.2) is 11.5 Å². The number of fused-ring (bicyclic) bond motifs is 4. The van der Waals surface area contributed by atoms with Crippen LogP contribution in [0.3, 0.4) is 0 Å². The van der Waals surface area contributed by atoms with E-state index in [4.69, 9.17) is 0 Å². The van der Waals surface area contributed by atoms with Crippen LogP contribution in [0.25, 0.3) is 60.7 Å².